The van der Waals surface area contributed by atoms with E-state index in [2.05, 4.69) is 10.6 Å². The van der Waals surface area contributed by atoms with Crippen LogP contribution in [-0.2, 0) is 9.59 Å². The van der Waals surface area contributed by atoms with Crippen LogP contribution in [0.5, 0.6) is 0 Å². The van der Waals surface area contributed by atoms with E-state index < -0.39 is 12.0 Å². The van der Waals surface area contributed by atoms with E-state index in [0.29, 0.717) is 30.2 Å². The predicted octanol–water partition coefficient (Wildman–Crippen LogP) is 1.37. The average Bonchev–Trinajstić information content (AvgIpc) is 2.42. The molecular weight excluding hydrogens is 294 g/mol. The van der Waals surface area contributed by atoms with Gasteiger partial charge in [-0.15, -0.1) is 0 Å². The number of anilines is 1. The van der Waals surface area contributed by atoms with Crippen molar-refractivity contribution < 1.29 is 14.7 Å². The quantitative estimate of drug-likeness (QED) is 0.543. The van der Waals surface area contributed by atoms with Crippen molar-refractivity contribution in [3.63, 3.8) is 0 Å². The molecule has 1 rings (SSSR count). The first-order chi connectivity index (χ1) is 9.93. The molecule has 7 heteroatoms. The van der Waals surface area contributed by atoms with E-state index in [0.717, 1.165) is 5.56 Å². The van der Waals surface area contributed by atoms with Gasteiger partial charge in [-0.1, -0.05) is 17.7 Å². The van der Waals surface area contributed by atoms with Crippen LogP contribution in [0.1, 0.15) is 18.4 Å². The minimum Gasteiger partial charge on any atom is -0.480 e. The molecule has 0 fully saturated rings. The molecule has 1 aromatic rings. The van der Waals surface area contributed by atoms with Gasteiger partial charge in [0.1, 0.15) is 6.04 Å². The highest BCUT2D eigenvalue weighted by molar-refractivity contribution is 6.31. The van der Waals surface area contributed by atoms with Crippen molar-refractivity contribution in [1.29, 1.82) is 0 Å². The molecule has 0 unspecified atom stereocenters. The number of nitrogens with two attached hydrogens (primary N) is 1. The van der Waals surface area contributed by atoms with E-state index >= 15 is 0 Å². The van der Waals surface area contributed by atoms with Gasteiger partial charge in [-0.05, 0) is 44.1 Å². The number of nitrogens with one attached hydrogen (secondary N) is 2. The third-order valence-electron chi connectivity index (χ3n) is 2.91. The summed E-state index contributed by atoms with van der Waals surface area (Å²) in [6, 6.07) is 4.20. The van der Waals surface area contributed by atoms with Crippen LogP contribution in [0.3, 0.4) is 0 Å². The second kappa shape index (κ2) is 8.61. The minimum atomic E-state index is -1.07. The maximum Gasteiger partial charge on any atom is 0.321 e. The lowest BCUT2D eigenvalue weighted by atomic mass is 10.1. The highest BCUT2D eigenvalue weighted by Gasteiger charge is 2.20. The van der Waals surface area contributed by atoms with Gasteiger partial charge in [0.05, 0.1) is 6.42 Å². The summed E-state index contributed by atoms with van der Waals surface area (Å²) in [6.07, 6.45) is 0.490. The van der Waals surface area contributed by atoms with Gasteiger partial charge in [-0.25, -0.2) is 0 Å². The van der Waals surface area contributed by atoms with Gasteiger partial charge in [-0.3, -0.25) is 9.59 Å². The van der Waals surface area contributed by atoms with Crippen molar-refractivity contribution in [2.75, 3.05) is 18.4 Å². The van der Waals surface area contributed by atoms with Crippen LogP contribution in [0.4, 0.5) is 5.69 Å². The molecule has 0 bridgehead atoms. The number of hydrogen-bond donors (Lipinski definition) is 4. The molecule has 116 valence electrons. The first-order valence-electron chi connectivity index (χ1n) is 6.66. The Kier molecular flexibility index (Phi) is 7.14. The van der Waals surface area contributed by atoms with Gasteiger partial charge < -0.3 is 21.5 Å². The molecule has 0 saturated carbocycles. The SMILES string of the molecule is Cc1ccc(NC(=O)C[C@H](NCCCN)C(=O)O)cc1Cl. The molecule has 0 heterocycles. The average molecular weight is 314 g/mol. The van der Waals surface area contributed by atoms with E-state index in [-0.39, 0.29) is 12.3 Å². The summed E-state index contributed by atoms with van der Waals surface area (Å²) in [6.45, 7) is 2.78. The Morgan fingerprint density at radius 1 is 1.43 bits per heavy atom. The number of aryl methyl sites for hydroxylation is 1. The Hall–Kier alpha value is -1.63. The van der Waals surface area contributed by atoms with Gasteiger partial charge in [0.15, 0.2) is 0 Å². The predicted molar refractivity (Wildman–Crippen MR) is 82.5 cm³/mol. The molecule has 5 N–H and O–H groups in total. The molecule has 0 aliphatic carbocycles. The van der Waals surface area contributed by atoms with Gasteiger partial charge in [0, 0.05) is 10.7 Å². The summed E-state index contributed by atoms with van der Waals surface area (Å²) in [5.41, 5.74) is 6.79. The molecule has 21 heavy (non-hydrogen) atoms. The van der Waals surface area contributed by atoms with Crippen LogP contribution in [-0.4, -0.2) is 36.1 Å². The number of carbonyl (C=O) groups is 2. The van der Waals surface area contributed by atoms with Crippen molar-refractivity contribution in [2.45, 2.75) is 25.8 Å². The van der Waals surface area contributed by atoms with Crippen molar-refractivity contribution in [2.24, 2.45) is 5.73 Å². The zero-order valence-corrected chi connectivity index (χ0v) is 12.6. The zero-order valence-electron chi connectivity index (χ0n) is 11.9. The van der Waals surface area contributed by atoms with Crippen LogP contribution in [0.25, 0.3) is 0 Å². The molecule has 0 aliphatic rings. The summed E-state index contributed by atoms with van der Waals surface area (Å²) in [7, 11) is 0. The van der Waals surface area contributed by atoms with E-state index in [1.807, 2.05) is 6.92 Å². The lowest BCUT2D eigenvalue weighted by molar-refractivity contribution is -0.141. The summed E-state index contributed by atoms with van der Waals surface area (Å²) in [4.78, 5) is 23.0. The van der Waals surface area contributed by atoms with E-state index in [9.17, 15) is 9.59 Å². The fraction of sp³-hybridized carbons (Fsp3) is 0.429. The number of carboxylic acids is 1. The lowest BCUT2D eigenvalue weighted by Gasteiger charge is -2.14. The van der Waals surface area contributed by atoms with Crippen molar-refractivity contribution in [3.05, 3.63) is 28.8 Å². The number of carbonyl (C=O) groups excluding carboxylic acids is 1. The fourth-order valence-corrected chi connectivity index (χ4v) is 1.87. The van der Waals surface area contributed by atoms with Gasteiger partial charge in [-0.2, -0.15) is 0 Å². The highest BCUT2D eigenvalue weighted by Crippen LogP contribution is 2.20. The van der Waals surface area contributed by atoms with Crippen LogP contribution < -0.4 is 16.4 Å². The van der Waals surface area contributed by atoms with Crippen LogP contribution in [0, 0.1) is 6.92 Å². The second-order valence-corrected chi connectivity index (χ2v) is 5.11. The van der Waals surface area contributed by atoms with Crippen molar-refractivity contribution in [3.8, 4) is 0 Å². The van der Waals surface area contributed by atoms with Crippen LogP contribution in [0.15, 0.2) is 18.2 Å². The Labute approximate surface area is 128 Å². The van der Waals surface area contributed by atoms with E-state index in [1.165, 1.54) is 0 Å². The monoisotopic (exact) mass is 313 g/mol. The molecule has 0 aromatic heterocycles. The molecule has 1 aromatic carbocycles. The molecule has 0 aliphatic heterocycles. The summed E-state index contributed by atoms with van der Waals surface area (Å²) >= 11 is 5.97. The summed E-state index contributed by atoms with van der Waals surface area (Å²) in [5.74, 6) is -1.45. The van der Waals surface area contributed by atoms with Gasteiger partial charge in [0.2, 0.25) is 5.91 Å². The largest absolute Gasteiger partial charge is 0.480 e. The highest BCUT2D eigenvalue weighted by atomic mass is 35.5. The number of rotatable bonds is 8. The van der Waals surface area contributed by atoms with Crippen LogP contribution >= 0.6 is 11.6 Å². The molecule has 1 atom stereocenters. The van der Waals surface area contributed by atoms with Crippen molar-refractivity contribution in [1.82, 2.24) is 5.32 Å². The van der Waals surface area contributed by atoms with Crippen molar-refractivity contribution >= 4 is 29.2 Å². The molecular formula is C14H20ClN3O3. The number of carboxylic acid groups (broad SMARTS) is 1. The summed E-state index contributed by atoms with van der Waals surface area (Å²) < 4.78 is 0. The Balaban J connectivity index is 2.56. The lowest BCUT2D eigenvalue weighted by Crippen LogP contribution is -2.40. The number of amides is 1. The number of halogens is 1. The maximum atomic E-state index is 11.9. The smallest absolute Gasteiger partial charge is 0.321 e. The normalized spacial score (nSPS) is 12.0. The maximum absolute atomic E-state index is 11.9. The van der Waals surface area contributed by atoms with Crippen LogP contribution in [0.2, 0.25) is 5.02 Å². The zero-order chi connectivity index (χ0) is 15.8. The second-order valence-electron chi connectivity index (χ2n) is 4.70. The molecule has 0 radical (unpaired) electrons. The Morgan fingerprint density at radius 3 is 2.71 bits per heavy atom. The van der Waals surface area contributed by atoms with Gasteiger partial charge >= 0.3 is 5.97 Å². The molecule has 0 spiro atoms. The molecule has 6 nitrogen and oxygen atoms in total. The summed E-state index contributed by atoms with van der Waals surface area (Å²) in [5, 5.41) is 15.0. The first-order valence-corrected chi connectivity index (χ1v) is 7.04. The number of aliphatic carboxylic acids is 1. The van der Waals surface area contributed by atoms with E-state index in [4.69, 9.17) is 22.4 Å². The molecule has 0 saturated heterocycles. The van der Waals surface area contributed by atoms with E-state index in [1.54, 1.807) is 18.2 Å². The topological polar surface area (TPSA) is 104 Å². The number of benzene rings is 1. The fourth-order valence-electron chi connectivity index (χ4n) is 1.69. The Morgan fingerprint density at radius 2 is 2.14 bits per heavy atom. The first kappa shape index (κ1) is 17.4. The number of hydrogen-bond acceptors (Lipinski definition) is 4. The third-order valence-corrected chi connectivity index (χ3v) is 3.32. The van der Waals surface area contributed by atoms with Gasteiger partial charge in [0.25, 0.3) is 0 Å². The molecule has 1 amide bonds. The standard InChI is InChI=1S/C14H20ClN3O3/c1-9-3-4-10(7-11(9)15)18-13(19)8-12(14(20)21)17-6-2-5-16/h3-4,7,12,17H,2,5-6,8,16H2,1H3,(H,18,19)(H,20,21)/t12-/m0/s1. The minimum absolute atomic E-state index is 0.161. The third kappa shape index (κ3) is 6.12. The Bertz CT molecular complexity index is 508.